The van der Waals surface area contributed by atoms with Crippen molar-refractivity contribution in [3.05, 3.63) is 170 Å². The molecule has 3 heterocycles. The summed E-state index contributed by atoms with van der Waals surface area (Å²) in [5.41, 5.74) is 7.73. The molecule has 5 nitrogen and oxygen atoms in total. The van der Waals surface area contributed by atoms with E-state index in [1.165, 1.54) is 21.5 Å². The molecule has 0 aliphatic heterocycles. The van der Waals surface area contributed by atoms with Crippen LogP contribution in [0.15, 0.2) is 174 Å². The molecule has 0 fully saturated rings. The molecule has 11 aromatic rings. The lowest BCUT2D eigenvalue weighted by molar-refractivity contribution is 0.669. The van der Waals surface area contributed by atoms with Gasteiger partial charge in [-0.3, -0.25) is 0 Å². The highest BCUT2D eigenvalue weighted by molar-refractivity contribution is 6.14. The predicted molar refractivity (Wildman–Crippen MR) is 213 cm³/mol. The zero-order valence-corrected chi connectivity index (χ0v) is 27.9. The monoisotopic (exact) mass is 664 g/mol. The first-order chi connectivity index (χ1) is 25.7. The number of hydrogen-bond donors (Lipinski definition) is 0. The van der Waals surface area contributed by atoms with Gasteiger partial charge < -0.3 is 8.98 Å². The van der Waals surface area contributed by atoms with E-state index in [0.29, 0.717) is 17.5 Å². The second-order valence-corrected chi connectivity index (χ2v) is 13.3. The highest BCUT2D eigenvalue weighted by Gasteiger charge is 2.19. The Morgan fingerprint density at radius 1 is 0.346 bits per heavy atom. The summed E-state index contributed by atoms with van der Waals surface area (Å²) in [5, 5.41) is 9.27. The zero-order valence-electron chi connectivity index (χ0n) is 27.9. The third-order valence-corrected chi connectivity index (χ3v) is 10.2. The molecule has 0 atom stereocenters. The van der Waals surface area contributed by atoms with Crippen LogP contribution in [-0.4, -0.2) is 19.5 Å². The van der Waals surface area contributed by atoms with Crippen molar-refractivity contribution in [2.45, 2.75) is 0 Å². The van der Waals surface area contributed by atoms with Gasteiger partial charge in [-0.15, -0.1) is 0 Å². The Balaban J connectivity index is 1.18. The Morgan fingerprint density at radius 3 is 1.79 bits per heavy atom. The van der Waals surface area contributed by atoms with E-state index in [1.807, 2.05) is 54.6 Å². The minimum atomic E-state index is 0.587. The van der Waals surface area contributed by atoms with E-state index in [4.69, 9.17) is 19.4 Å². The van der Waals surface area contributed by atoms with Crippen LogP contribution in [0.1, 0.15) is 0 Å². The highest BCUT2D eigenvalue weighted by Crippen LogP contribution is 2.39. The number of nitrogens with zero attached hydrogens (tertiary/aromatic N) is 4. The molecular weight excluding hydrogens is 637 g/mol. The first-order valence-electron chi connectivity index (χ1n) is 17.4. The van der Waals surface area contributed by atoms with Crippen molar-refractivity contribution in [2.75, 3.05) is 0 Å². The van der Waals surface area contributed by atoms with Crippen LogP contribution in [0.4, 0.5) is 0 Å². The summed E-state index contributed by atoms with van der Waals surface area (Å²) in [6.07, 6.45) is 0. The summed E-state index contributed by atoms with van der Waals surface area (Å²) in [6.45, 7) is 0. The third kappa shape index (κ3) is 4.46. The molecule has 8 aromatic carbocycles. The Kier molecular flexibility index (Phi) is 6.18. The van der Waals surface area contributed by atoms with Crippen LogP contribution in [0.2, 0.25) is 0 Å². The maximum atomic E-state index is 6.27. The summed E-state index contributed by atoms with van der Waals surface area (Å²) < 4.78 is 8.67. The first kappa shape index (κ1) is 28.7. The Morgan fingerprint density at radius 2 is 0.962 bits per heavy atom. The van der Waals surface area contributed by atoms with Gasteiger partial charge in [-0.05, 0) is 64.7 Å². The largest absolute Gasteiger partial charge is 0.456 e. The smallest absolute Gasteiger partial charge is 0.164 e. The molecule has 0 N–H and O–H groups in total. The molecule has 5 heteroatoms. The van der Waals surface area contributed by atoms with Crippen molar-refractivity contribution in [3.63, 3.8) is 0 Å². The van der Waals surface area contributed by atoms with Gasteiger partial charge in [-0.1, -0.05) is 121 Å². The van der Waals surface area contributed by atoms with Crippen LogP contribution in [0.5, 0.6) is 0 Å². The molecule has 0 radical (unpaired) electrons. The topological polar surface area (TPSA) is 56.7 Å². The second-order valence-electron chi connectivity index (χ2n) is 13.3. The quantitative estimate of drug-likeness (QED) is 0.188. The van der Waals surface area contributed by atoms with E-state index in [-0.39, 0.29) is 0 Å². The minimum Gasteiger partial charge on any atom is -0.456 e. The number of furan rings is 1. The fraction of sp³-hybridized carbons (Fsp3) is 0. The lowest BCUT2D eigenvalue weighted by Crippen LogP contribution is -2.02. The summed E-state index contributed by atoms with van der Waals surface area (Å²) in [4.78, 5) is 15.4. The molecule has 3 aromatic heterocycles. The molecule has 0 aliphatic carbocycles. The van der Waals surface area contributed by atoms with Crippen molar-refractivity contribution >= 4 is 65.3 Å². The number of rotatable bonds is 4. The van der Waals surface area contributed by atoms with Crippen molar-refractivity contribution in [3.8, 4) is 39.9 Å². The average molecular weight is 665 g/mol. The van der Waals surface area contributed by atoms with Crippen LogP contribution in [0.25, 0.3) is 105 Å². The number of para-hydroxylation sites is 2. The summed E-state index contributed by atoms with van der Waals surface area (Å²) >= 11 is 0. The van der Waals surface area contributed by atoms with Gasteiger partial charge in [0.2, 0.25) is 0 Å². The van der Waals surface area contributed by atoms with Gasteiger partial charge >= 0.3 is 0 Å². The molecule has 0 aliphatic rings. The van der Waals surface area contributed by atoms with Crippen LogP contribution in [0.3, 0.4) is 0 Å². The number of hydrogen-bond acceptors (Lipinski definition) is 4. The van der Waals surface area contributed by atoms with Gasteiger partial charge in [0.15, 0.2) is 17.5 Å². The SMILES string of the molecule is c1ccc(-c2nc(-c3cc(-n4c5ccccc5c5cc6ccccc6cc54)c4ccccc4c3)nc(-c3ccc4c(c3)oc3ccccc34)n2)cc1. The third-order valence-electron chi connectivity index (χ3n) is 10.2. The molecule has 0 saturated carbocycles. The average Bonchev–Trinajstić information content (AvgIpc) is 3.74. The number of aromatic nitrogens is 4. The van der Waals surface area contributed by atoms with Gasteiger partial charge in [-0.25, -0.2) is 15.0 Å². The van der Waals surface area contributed by atoms with E-state index in [1.54, 1.807) is 0 Å². The van der Waals surface area contributed by atoms with E-state index >= 15 is 0 Å². The Bertz CT molecular complexity index is 3190. The summed E-state index contributed by atoms with van der Waals surface area (Å²) in [7, 11) is 0. The van der Waals surface area contributed by atoms with Gasteiger partial charge in [0.05, 0.1) is 16.7 Å². The molecule has 11 rings (SSSR count). The second kappa shape index (κ2) is 11.2. The molecule has 0 saturated heterocycles. The van der Waals surface area contributed by atoms with Crippen LogP contribution in [0, 0.1) is 0 Å². The number of fused-ring (bicyclic) bond motifs is 8. The van der Waals surface area contributed by atoms with Gasteiger partial charge in [-0.2, -0.15) is 0 Å². The molecular formula is C47H28N4O. The first-order valence-corrected chi connectivity index (χ1v) is 17.4. The van der Waals surface area contributed by atoms with Crippen molar-refractivity contribution in [1.29, 1.82) is 0 Å². The van der Waals surface area contributed by atoms with E-state index in [0.717, 1.165) is 66.1 Å². The van der Waals surface area contributed by atoms with Crippen molar-refractivity contribution in [2.24, 2.45) is 0 Å². The summed E-state index contributed by atoms with van der Waals surface area (Å²) in [5.74, 6) is 1.80. The molecule has 0 spiro atoms. The van der Waals surface area contributed by atoms with E-state index in [2.05, 4.69) is 120 Å². The van der Waals surface area contributed by atoms with Gasteiger partial charge in [0.25, 0.3) is 0 Å². The Labute approximate surface area is 298 Å². The maximum Gasteiger partial charge on any atom is 0.164 e. The zero-order chi connectivity index (χ0) is 34.2. The van der Waals surface area contributed by atoms with Crippen molar-refractivity contribution < 1.29 is 4.42 Å². The van der Waals surface area contributed by atoms with E-state index < -0.39 is 0 Å². The highest BCUT2D eigenvalue weighted by atomic mass is 16.3. The Hall–Kier alpha value is -7.11. The predicted octanol–water partition coefficient (Wildman–Crippen LogP) is 12.2. The molecule has 0 amide bonds. The van der Waals surface area contributed by atoms with Crippen LogP contribution in [-0.2, 0) is 0 Å². The van der Waals surface area contributed by atoms with Gasteiger partial charge in [0, 0.05) is 43.6 Å². The minimum absolute atomic E-state index is 0.587. The molecule has 52 heavy (non-hydrogen) atoms. The fourth-order valence-electron chi connectivity index (χ4n) is 7.73. The molecule has 0 bridgehead atoms. The van der Waals surface area contributed by atoms with Crippen molar-refractivity contribution in [1.82, 2.24) is 19.5 Å². The molecule has 242 valence electrons. The van der Waals surface area contributed by atoms with Gasteiger partial charge in [0.1, 0.15) is 11.2 Å². The number of benzene rings is 8. The normalized spacial score (nSPS) is 11.8. The lowest BCUT2D eigenvalue weighted by Gasteiger charge is -2.15. The van der Waals surface area contributed by atoms with E-state index in [9.17, 15) is 0 Å². The standard InChI is InChI=1S/C47H28N4O/c1-2-12-29(13-3-1)45-48-46(33-22-23-38-37-19-9-11-21-43(37)52-44(38)28-33)50-47(49-45)34-24-32-16-6-7-17-35(32)41(27-34)51-40-20-10-8-18-36(40)39-25-30-14-4-5-15-31(30)26-42(39)51/h1-28H. The molecule has 0 unspecified atom stereocenters. The van der Waals surface area contributed by atoms with Crippen LogP contribution >= 0.6 is 0 Å². The maximum absolute atomic E-state index is 6.27. The summed E-state index contributed by atoms with van der Waals surface area (Å²) in [6, 6.07) is 59.3. The lowest BCUT2D eigenvalue weighted by atomic mass is 10.0. The fourth-order valence-corrected chi connectivity index (χ4v) is 7.73. The van der Waals surface area contributed by atoms with Crippen LogP contribution < -0.4 is 0 Å².